The molecule has 256 valence electrons. The van der Waals surface area contributed by atoms with Crippen molar-refractivity contribution in [3.05, 3.63) is 70.9 Å². The van der Waals surface area contributed by atoms with Crippen LogP contribution in [0.1, 0.15) is 47.8 Å². The van der Waals surface area contributed by atoms with Gasteiger partial charge < -0.3 is 19.5 Å². The molecule has 2 aromatic carbocycles. The lowest BCUT2D eigenvalue weighted by atomic mass is 9.98. The third-order valence-corrected chi connectivity index (χ3v) is 8.75. The zero-order valence-corrected chi connectivity index (χ0v) is 26.5. The van der Waals surface area contributed by atoms with E-state index < -0.39 is 41.0 Å². The van der Waals surface area contributed by atoms with Gasteiger partial charge >= 0.3 is 12.4 Å². The van der Waals surface area contributed by atoms with Crippen molar-refractivity contribution in [2.24, 2.45) is 5.16 Å². The first-order valence-electron chi connectivity index (χ1n) is 15.5. The molecule has 2 fully saturated rings. The maximum atomic E-state index is 13.8. The van der Waals surface area contributed by atoms with Gasteiger partial charge in [-0.3, -0.25) is 14.6 Å². The molecule has 3 heterocycles. The van der Waals surface area contributed by atoms with Gasteiger partial charge in [0.15, 0.2) is 0 Å². The van der Waals surface area contributed by atoms with Gasteiger partial charge in [0.2, 0.25) is 0 Å². The highest BCUT2D eigenvalue weighted by Gasteiger charge is 2.39. The van der Waals surface area contributed by atoms with Crippen molar-refractivity contribution in [3.63, 3.8) is 0 Å². The summed E-state index contributed by atoms with van der Waals surface area (Å²) in [5, 5.41) is 5.25. The molecule has 0 spiro atoms. The number of nitrogens with one attached hydrogen (secondary N) is 1. The number of piperazine rings is 1. The minimum atomic E-state index is -5.06. The molecule has 0 radical (unpaired) electrons. The summed E-state index contributed by atoms with van der Waals surface area (Å²) in [4.78, 5) is 28.4. The van der Waals surface area contributed by atoms with Crippen molar-refractivity contribution >= 4 is 22.5 Å². The summed E-state index contributed by atoms with van der Waals surface area (Å²) in [5.74, 6) is -0.884. The highest BCUT2D eigenvalue weighted by atomic mass is 19.4. The van der Waals surface area contributed by atoms with E-state index in [1.807, 2.05) is 37.4 Å². The number of ether oxygens (including phenoxy) is 1. The second kappa shape index (κ2) is 13.9. The highest BCUT2D eigenvalue weighted by molar-refractivity contribution is 5.95. The third-order valence-electron chi connectivity index (χ3n) is 8.75. The number of hydrogen-bond acceptors (Lipinski definition) is 6. The number of halogens is 6. The van der Waals surface area contributed by atoms with Gasteiger partial charge in [0.25, 0.3) is 5.91 Å². The van der Waals surface area contributed by atoms with E-state index in [2.05, 4.69) is 33.8 Å². The summed E-state index contributed by atoms with van der Waals surface area (Å²) in [6.07, 6.45) is -7.98. The van der Waals surface area contributed by atoms with Crippen LogP contribution in [0.5, 0.6) is 0 Å². The monoisotopic (exact) mass is 667 g/mol. The fourth-order valence-electron chi connectivity index (χ4n) is 6.22. The zero-order chi connectivity index (χ0) is 34.0. The highest BCUT2D eigenvalue weighted by Crippen LogP contribution is 2.37. The lowest BCUT2D eigenvalue weighted by molar-refractivity contribution is -0.143. The molecule has 1 amide bonds. The first kappa shape index (κ1) is 34.7. The molecular weight excluding hydrogens is 628 g/mol. The Labute approximate surface area is 269 Å². The van der Waals surface area contributed by atoms with Crippen LogP contribution >= 0.6 is 0 Å². The Morgan fingerprint density at radius 1 is 0.979 bits per heavy atom. The molecule has 2 aliphatic heterocycles. The number of aromatic nitrogens is 1. The van der Waals surface area contributed by atoms with E-state index in [0.717, 1.165) is 29.6 Å². The minimum absolute atomic E-state index is 0.0321. The van der Waals surface area contributed by atoms with E-state index >= 15 is 0 Å². The first-order valence-corrected chi connectivity index (χ1v) is 15.5. The summed E-state index contributed by atoms with van der Waals surface area (Å²) >= 11 is 0. The Hall–Kier alpha value is -3.62. The number of carbonyl (C=O) groups is 1. The number of rotatable bonds is 9. The molecular formula is C33H39F6N5O3. The Morgan fingerprint density at radius 3 is 2.30 bits per heavy atom. The number of nitrogens with zero attached hydrogens (tertiary/aromatic N) is 4. The quantitative estimate of drug-likeness (QED) is 0.170. The van der Waals surface area contributed by atoms with E-state index in [1.165, 1.54) is 4.90 Å². The van der Waals surface area contributed by atoms with Crippen LogP contribution in [0, 0.1) is 0 Å². The van der Waals surface area contributed by atoms with Gasteiger partial charge in [0.05, 0.1) is 35.6 Å². The van der Waals surface area contributed by atoms with Gasteiger partial charge in [-0.15, -0.1) is 0 Å². The van der Waals surface area contributed by atoms with Crippen molar-refractivity contribution in [1.29, 1.82) is 0 Å². The first-order chi connectivity index (χ1) is 22.1. The lowest BCUT2D eigenvalue weighted by Gasteiger charge is -2.42. The fraction of sp³-hybridized carbons (Fsp3) is 0.515. The predicted molar refractivity (Wildman–Crippen MR) is 165 cm³/mol. The fourth-order valence-corrected chi connectivity index (χ4v) is 6.22. The van der Waals surface area contributed by atoms with Crippen LogP contribution in [0.2, 0.25) is 0 Å². The molecule has 2 saturated heterocycles. The molecule has 5 rings (SSSR count). The molecule has 2 aliphatic rings. The number of morpholine rings is 1. The number of para-hydroxylation sites is 1. The van der Waals surface area contributed by atoms with Crippen LogP contribution in [0.15, 0.2) is 53.8 Å². The average Bonchev–Trinajstić information content (AvgIpc) is 3.43. The van der Waals surface area contributed by atoms with E-state index in [4.69, 9.17) is 9.57 Å². The molecule has 1 N–H and O–H groups in total. The molecule has 0 aliphatic carbocycles. The number of benzene rings is 2. The van der Waals surface area contributed by atoms with Crippen LogP contribution < -0.4 is 0 Å². The Balaban J connectivity index is 1.35. The standard InChI is InChI=1S/C33H39F6N5O3/c1-22(41-47-21-31(2,3)43-10-12-46-13-11-43)19-42-8-9-44(27(20-42)16-24-18-40-29-7-5-4-6-28(24)29)30(45)23-14-25(32(34,35)36)17-26(15-23)33(37,38)39/h4-7,14-15,17-18,27,40H,8-13,16,19-21H2,1-3H3/t27-/m1/s1. The molecule has 1 aromatic heterocycles. The van der Waals surface area contributed by atoms with Crippen LogP contribution in [-0.4, -0.2) is 102 Å². The Kier molecular flexibility index (Phi) is 10.2. The predicted octanol–water partition coefficient (Wildman–Crippen LogP) is 6.08. The number of carbonyl (C=O) groups excluding carboxylic acids is 1. The Morgan fingerprint density at radius 2 is 1.64 bits per heavy atom. The molecule has 0 bridgehead atoms. The van der Waals surface area contributed by atoms with E-state index in [0.29, 0.717) is 63.7 Å². The number of alkyl halides is 6. The summed E-state index contributed by atoms with van der Waals surface area (Å²) in [6, 6.07) is 8.05. The van der Waals surface area contributed by atoms with E-state index in [-0.39, 0.29) is 18.2 Å². The van der Waals surface area contributed by atoms with Crippen LogP contribution in [0.3, 0.4) is 0 Å². The van der Waals surface area contributed by atoms with Crippen molar-refractivity contribution in [1.82, 2.24) is 19.7 Å². The number of amides is 1. The SMILES string of the molecule is CC(CN1CCN(C(=O)c2cc(C(F)(F)F)cc(C(F)(F)F)c2)[C@H](Cc2c[nH]c3ccccc23)C1)=NOCC(C)(C)N1CCOCC1. The van der Waals surface area contributed by atoms with Crippen molar-refractivity contribution in [3.8, 4) is 0 Å². The largest absolute Gasteiger partial charge is 0.416 e. The number of H-pyrrole nitrogens is 1. The van der Waals surface area contributed by atoms with Gasteiger partial charge in [-0.05, 0) is 57.0 Å². The molecule has 14 heteroatoms. The van der Waals surface area contributed by atoms with E-state index in [9.17, 15) is 31.1 Å². The van der Waals surface area contributed by atoms with Crippen molar-refractivity contribution in [2.75, 3.05) is 59.1 Å². The normalized spacial score (nSPS) is 19.4. The second-order valence-corrected chi connectivity index (χ2v) is 12.8. The molecule has 0 saturated carbocycles. The number of hydrogen-bond donors (Lipinski definition) is 1. The molecule has 3 aromatic rings. The zero-order valence-electron chi connectivity index (χ0n) is 26.5. The van der Waals surface area contributed by atoms with Crippen LogP contribution in [0.25, 0.3) is 10.9 Å². The van der Waals surface area contributed by atoms with E-state index in [1.54, 1.807) is 0 Å². The molecule has 0 unspecified atom stereocenters. The number of fused-ring (bicyclic) bond motifs is 1. The smallest absolute Gasteiger partial charge is 0.394 e. The van der Waals surface area contributed by atoms with Gasteiger partial charge in [-0.25, -0.2) is 0 Å². The van der Waals surface area contributed by atoms with Gasteiger partial charge in [-0.1, -0.05) is 23.4 Å². The summed E-state index contributed by atoms with van der Waals surface area (Å²) < 4.78 is 87.1. The van der Waals surface area contributed by atoms with Gasteiger partial charge in [0, 0.05) is 68.0 Å². The van der Waals surface area contributed by atoms with Crippen LogP contribution in [0.4, 0.5) is 26.3 Å². The summed E-state index contributed by atoms with van der Waals surface area (Å²) in [5.41, 5.74) is -1.50. The number of oxime groups is 1. The lowest BCUT2D eigenvalue weighted by Crippen LogP contribution is -2.56. The second-order valence-electron chi connectivity index (χ2n) is 12.8. The van der Waals surface area contributed by atoms with Crippen molar-refractivity contribution < 1.29 is 40.7 Å². The van der Waals surface area contributed by atoms with Gasteiger partial charge in [0.1, 0.15) is 6.61 Å². The third kappa shape index (κ3) is 8.46. The number of aromatic amines is 1. The average molecular weight is 668 g/mol. The minimum Gasteiger partial charge on any atom is -0.394 e. The molecule has 8 nitrogen and oxygen atoms in total. The summed E-state index contributed by atoms with van der Waals surface area (Å²) in [6.45, 7) is 10.5. The molecule has 1 atom stereocenters. The van der Waals surface area contributed by atoms with Crippen LogP contribution in [-0.2, 0) is 28.3 Å². The maximum absolute atomic E-state index is 13.8. The molecule has 47 heavy (non-hydrogen) atoms. The maximum Gasteiger partial charge on any atom is 0.416 e. The summed E-state index contributed by atoms with van der Waals surface area (Å²) in [7, 11) is 0. The van der Waals surface area contributed by atoms with Gasteiger partial charge in [-0.2, -0.15) is 26.3 Å². The van der Waals surface area contributed by atoms with Crippen molar-refractivity contribution in [2.45, 2.75) is 51.1 Å². The Bertz CT molecular complexity index is 1550. The topological polar surface area (TPSA) is 73.4 Å².